The lowest BCUT2D eigenvalue weighted by molar-refractivity contribution is -0.141. The third-order valence-corrected chi connectivity index (χ3v) is 4.43. The van der Waals surface area contributed by atoms with Gasteiger partial charge in [0.05, 0.1) is 5.69 Å². The number of carbonyl (C=O) groups is 1. The molecule has 1 fully saturated rings. The quantitative estimate of drug-likeness (QED) is 0.826. The Hall–Kier alpha value is -1.69. The van der Waals surface area contributed by atoms with Gasteiger partial charge in [0.25, 0.3) is 5.56 Å². The highest BCUT2D eigenvalue weighted by Gasteiger charge is 2.33. The molecule has 1 aliphatic heterocycles. The summed E-state index contributed by atoms with van der Waals surface area (Å²) in [5.41, 5.74) is 1.41. The minimum absolute atomic E-state index is 0.173. The van der Waals surface area contributed by atoms with Crippen molar-refractivity contribution in [2.45, 2.75) is 53.5 Å². The van der Waals surface area contributed by atoms with Gasteiger partial charge < -0.3 is 10.0 Å². The number of hydrogen-bond acceptors (Lipinski definition) is 4. The molecular weight excluding hydrogens is 306 g/mol. The van der Waals surface area contributed by atoms with Gasteiger partial charge in [-0.1, -0.05) is 27.7 Å². The number of likely N-dealkylation sites (tertiary alicyclic amines) is 1. The highest BCUT2D eigenvalue weighted by molar-refractivity contribution is 5.71. The van der Waals surface area contributed by atoms with Crippen LogP contribution in [0, 0.1) is 18.3 Å². The Morgan fingerprint density at radius 3 is 2.50 bits per heavy atom. The largest absolute Gasteiger partial charge is 0.480 e. The molecule has 1 aliphatic rings. The molecule has 1 saturated heterocycles. The number of carboxylic acid groups (broad SMARTS) is 1. The van der Waals surface area contributed by atoms with Crippen molar-refractivity contribution >= 4 is 5.97 Å². The van der Waals surface area contributed by atoms with Crippen molar-refractivity contribution in [2.75, 3.05) is 19.6 Å². The first-order valence-corrected chi connectivity index (χ1v) is 8.63. The summed E-state index contributed by atoms with van der Waals surface area (Å²) in [4.78, 5) is 26.3. The summed E-state index contributed by atoms with van der Waals surface area (Å²) in [6, 6.07) is 0.886. The van der Waals surface area contributed by atoms with Gasteiger partial charge in [-0.3, -0.25) is 4.79 Å². The Balaban J connectivity index is 2.18. The minimum Gasteiger partial charge on any atom is -0.480 e. The molecule has 0 amide bonds. The summed E-state index contributed by atoms with van der Waals surface area (Å²) in [6.07, 6.45) is 1.12. The summed E-state index contributed by atoms with van der Waals surface area (Å²) in [5.74, 6) is -0.827. The van der Waals surface area contributed by atoms with Crippen molar-refractivity contribution in [1.82, 2.24) is 14.7 Å². The average molecular weight is 335 g/mol. The molecule has 134 valence electrons. The smallest absolute Gasteiger partial charge is 0.328 e. The summed E-state index contributed by atoms with van der Waals surface area (Å²) in [6.45, 7) is 13.1. The molecule has 0 unspecified atom stereocenters. The van der Waals surface area contributed by atoms with Gasteiger partial charge in [-0.2, -0.15) is 5.10 Å². The maximum absolute atomic E-state index is 12.4. The van der Waals surface area contributed by atoms with Crippen molar-refractivity contribution < 1.29 is 9.90 Å². The van der Waals surface area contributed by atoms with E-state index in [0.29, 0.717) is 17.4 Å². The van der Waals surface area contributed by atoms with E-state index in [4.69, 9.17) is 0 Å². The molecule has 0 aromatic carbocycles. The lowest BCUT2D eigenvalue weighted by Crippen LogP contribution is -2.53. The number of aromatic nitrogens is 2. The summed E-state index contributed by atoms with van der Waals surface area (Å²) in [7, 11) is 0. The highest BCUT2D eigenvalue weighted by Crippen LogP contribution is 2.28. The van der Waals surface area contributed by atoms with Crippen LogP contribution in [0.1, 0.15) is 51.4 Å². The topological polar surface area (TPSA) is 75.4 Å². The van der Waals surface area contributed by atoms with Gasteiger partial charge in [0.2, 0.25) is 0 Å². The van der Waals surface area contributed by atoms with Crippen LogP contribution in [0.25, 0.3) is 0 Å². The molecule has 0 spiro atoms. The zero-order valence-electron chi connectivity index (χ0n) is 15.4. The van der Waals surface area contributed by atoms with E-state index < -0.39 is 12.0 Å². The zero-order chi connectivity index (χ0) is 18.1. The minimum atomic E-state index is -1.00. The number of aliphatic carboxylic acids is 1. The van der Waals surface area contributed by atoms with Crippen molar-refractivity contribution in [3.63, 3.8) is 0 Å². The maximum atomic E-state index is 12.4. The Labute approximate surface area is 143 Å². The van der Waals surface area contributed by atoms with Crippen molar-refractivity contribution in [3.05, 3.63) is 27.7 Å². The standard InChI is InChI=1S/C18H29N3O3/c1-12(2)8-15(17(23)24)21-16(22)13(3)9-14(19-21)6-7-20-10-18(4,5)11-20/h9,12,15H,6-8,10-11H2,1-5H3,(H,23,24)/t15-/m0/s1. The average Bonchev–Trinajstić information content (AvgIpc) is 2.43. The van der Waals surface area contributed by atoms with Crippen molar-refractivity contribution in [2.24, 2.45) is 11.3 Å². The van der Waals surface area contributed by atoms with E-state index in [1.165, 1.54) is 4.68 Å². The Morgan fingerprint density at radius 2 is 2.00 bits per heavy atom. The van der Waals surface area contributed by atoms with Crippen molar-refractivity contribution in [1.29, 1.82) is 0 Å². The van der Waals surface area contributed by atoms with Gasteiger partial charge in [-0.25, -0.2) is 9.48 Å². The van der Waals surface area contributed by atoms with Crippen LogP contribution in [0.5, 0.6) is 0 Å². The van der Waals surface area contributed by atoms with E-state index in [9.17, 15) is 14.7 Å². The Bertz CT molecular complexity index is 656. The first kappa shape index (κ1) is 18.6. The van der Waals surface area contributed by atoms with Crippen LogP contribution in [0.3, 0.4) is 0 Å². The van der Waals surface area contributed by atoms with Gasteiger partial charge >= 0.3 is 5.97 Å². The first-order valence-electron chi connectivity index (χ1n) is 8.63. The lowest BCUT2D eigenvalue weighted by Gasteiger charge is -2.46. The molecule has 2 heterocycles. The van der Waals surface area contributed by atoms with Gasteiger partial charge in [-0.15, -0.1) is 0 Å². The number of aryl methyl sites for hydroxylation is 1. The van der Waals surface area contributed by atoms with E-state index >= 15 is 0 Å². The predicted octanol–water partition coefficient (Wildman–Crippen LogP) is 2.11. The van der Waals surface area contributed by atoms with E-state index in [1.807, 2.05) is 13.8 Å². The van der Waals surface area contributed by atoms with E-state index in [2.05, 4.69) is 23.8 Å². The van der Waals surface area contributed by atoms with Gasteiger partial charge in [0.15, 0.2) is 6.04 Å². The summed E-state index contributed by atoms with van der Waals surface area (Å²) < 4.78 is 1.17. The van der Waals surface area contributed by atoms with Crippen LogP contribution in [0.2, 0.25) is 0 Å². The van der Waals surface area contributed by atoms with Crippen LogP contribution >= 0.6 is 0 Å². The molecule has 0 aliphatic carbocycles. The molecule has 6 nitrogen and oxygen atoms in total. The lowest BCUT2D eigenvalue weighted by atomic mass is 9.84. The Kier molecular flexibility index (Phi) is 5.48. The zero-order valence-corrected chi connectivity index (χ0v) is 15.4. The molecular formula is C18H29N3O3. The third-order valence-electron chi connectivity index (χ3n) is 4.43. The second kappa shape index (κ2) is 7.05. The molecule has 24 heavy (non-hydrogen) atoms. The molecule has 0 saturated carbocycles. The van der Waals surface area contributed by atoms with Crippen LogP contribution in [-0.4, -0.2) is 45.4 Å². The van der Waals surface area contributed by atoms with Gasteiger partial charge in [0.1, 0.15) is 0 Å². The molecule has 1 atom stereocenters. The number of nitrogens with zero attached hydrogens (tertiary/aromatic N) is 3. The SMILES string of the molecule is Cc1cc(CCN2CC(C)(C)C2)nn([C@@H](CC(C)C)C(=O)O)c1=O. The van der Waals surface area contributed by atoms with Crippen molar-refractivity contribution in [3.8, 4) is 0 Å². The Morgan fingerprint density at radius 1 is 1.38 bits per heavy atom. The monoisotopic (exact) mass is 335 g/mol. The number of rotatable bonds is 7. The maximum Gasteiger partial charge on any atom is 0.328 e. The molecule has 1 N–H and O–H groups in total. The number of carboxylic acids is 1. The fourth-order valence-corrected chi connectivity index (χ4v) is 3.39. The first-order chi connectivity index (χ1) is 11.1. The fraction of sp³-hybridized carbons (Fsp3) is 0.722. The van der Waals surface area contributed by atoms with E-state index in [-0.39, 0.29) is 11.5 Å². The number of hydrogen-bond donors (Lipinski definition) is 1. The second-order valence-electron chi connectivity index (χ2n) is 8.18. The predicted molar refractivity (Wildman–Crippen MR) is 93.3 cm³/mol. The molecule has 0 bridgehead atoms. The van der Waals surface area contributed by atoms with Gasteiger partial charge in [0, 0.05) is 31.6 Å². The molecule has 1 aromatic rings. The molecule has 2 rings (SSSR count). The fourth-order valence-electron chi connectivity index (χ4n) is 3.39. The third kappa shape index (κ3) is 4.44. The van der Waals surface area contributed by atoms with Crippen LogP contribution < -0.4 is 5.56 Å². The van der Waals surface area contributed by atoms with Crippen LogP contribution in [0.4, 0.5) is 0 Å². The normalized spacial score (nSPS) is 18.4. The molecule has 1 aromatic heterocycles. The summed E-state index contributed by atoms with van der Waals surface area (Å²) >= 11 is 0. The molecule has 6 heteroatoms. The van der Waals surface area contributed by atoms with E-state index in [0.717, 1.165) is 31.7 Å². The van der Waals surface area contributed by atoms with E-state index in [1.54, 1.807) is 13.0 Å². The highest BCUT2D eigenvalue weighted by atomic mass is 16.4. The van der Waals surface area contributed by atoms with Crippen LogP contribution in [-0.2, 0) is 11.2 Å². The summed E-state index contributed by atoms with van der Waals surface area (Å²) in [5, 5.41) is 13.9. The second-order valence-corrected chi connectivity index (χ2v) is 8.18. The van der Waals surface area contributed by atoms with Gasteiger partial charge in [-0.05, 0) is 30.7 Å². The van der Waals surface area contributed by atoms with Crippen LogP contribution in [0.15, 0.2) is 10.9 Å². The molecule has 0 radical (unpaired) electrons.